The van der Waals surface area contributed by atoms with Crippen molar-refractivity contribution in [3.8, 4) is 0 Å². The van der Waals surface area contributed by atoms with E-state index in [9.17, 15) is 0 Å². The van der Waals surface area contributed by atoms with Crippen molar-refractivity contribution in [1.29, 1.82) is 0 Å². The number of nitrogen functional groups attached to an aromatic ring is 1. The van der Waals surface area contributed by atoms with E-state index in [-0.39, 0.29) is 12.2 Å². The lowest BCUT2D eigenvalue weighted by molar-refractivity contribution is -0.137. The number of unbranched alkanes of at least 4 members (excludes halogenated alkanes) is 2. The number of anilines is 1. The van der Waals surface area contributed by atoms with Gasteiger partial charge in [0.25, 0.3) is 0 Å². The van der Waals surface area contributed by atoms with Crippen LogP contribution in [0.25, 0.3) is 0 Å². The molecule has 18 heavy (non-hydrogen) atoms. The summed E-state index contributed by atoms with van der Waals surface area (Å²) in [5, 5.41) is 0. The molecule has 0 saturated carbocycles. The maximum atomic E-state index is 5.88. The number of ether oxygens (including phenoxy) is 2. The first kappa shape index (κ1) is 13.4. The Hall–Kier alpha value is -1.06. The van der Waals surface area contributed by atoms with Gasteiger partial charge in [0.05, 0.1) is 19.3 Å². The fraction of sp³-hybridized carbons (Fsp3) is 0.600. The van der Waals surface area contributed by atoms with Crippen LogP contribution in [0, 0.1) is 0 Å². The standard InChI is InChI=1S/C15H23NO2/c1-2-3-4-5-14-10-18-15(11-17-14)12-6-8-13(16)9-7-12/h6-9,14-15H,2-5,10-11,16H2,1H3/t14-,15-/m0/s1. The Kier molecular flexibility index (Phi) is 5.02. The molecule has 0 aromatic heterocycles. The molecule has 1 aromatic carbocycles. The number of nitrogens with two attached hydrogens (primary N) is 1. The number of hydrogen-bond acceptors (Lipinski definition) is 3. The summed E-state index contributed by atoms with van der Waals surface area (Å²) in [4.78, 5) is 0. The topological polar surface area (TPSA) is 44.5 Å². The predicted octanol–water partition coefficient (Wildman–Crippen LogP) is 3.31. The van der Waals surface area contributed by atoms with Gasteiger partial charge in [-0.05, 0) is 24.1 Å². The summed E-state index contributed by atoms with van der Waals surface area (Å²) >= 11 is 0. The minimum atomic E-state index is 0.0630. The van der Waals surface area contributed by atoms with Crippen LogP contribution in [0.3, 0.4) is 0 Å². The average molecular weight is 249 g/mol. The van der Waals surface area contributed by atoms with E-state index in [2.05, 4.69) is 6.92 Å². The van der Waals surface area contributed by atoms with Crippen LogP contribution in [-0.4, -0.2) is 19.3 Å². The van der Waals surface area contributed by atoms with Gasteiger partial charge in [-0.2, -0.15) is 0 Å². The molecular weight excluding hydrogens is 226 g/mol. The van der Waals surface area contributed by atoms with E-state index < -0.39 is 0 Å². The van der Waals surface area contributed by atoms with E-state index in [1.54, 1.807) is 0 Å². The lowest BCUT2D eigenvalue weighted by atomic mass is 10.1. The van der Waals surface area contributed by atoms with Gasteiger partial charge in [-0.3, -0.25) is 0 Å². The van der Waals surface area contributed by atoms with Gasteiger partial charge in [0.1, 0.15) is 6.10 Å². The van der Waals surface area contributed by atoms with Crippen molar-refractivity contribution in [3.63, 3.8) is 0 Å². The molecule has 3 heteroatoms. The fourth-order valence-electron chi connectivity index (χ4n) is 2.23. The fourth-order valence-corrected chi connectivity index (χ4v) is 2.23. The summed E-state index contributed by atoms with van der Waals surface area (Å²) < 4.78 is 11.7. The molecule has 2 N–H and O–H groups in total. The third-order valence-electron chi connectivity index (χ3n) is 3.40. The van der Waals surface area contributed by atoms with Crippen LogP contribution in [0.2, 0.25) is 0 Å². The highest BCUT2D eigenvalue weighted by molar-refractivity contribution is 5.39. The molecule has 0 bridgehead atoms. The zero-order valence-electron chi connectivity index (χ0n) is 11.1. The van der Waals surface area contributed by atoms with Crippen LogP contribution in [0.1, 0.15) is 44.3 Å². The summed E-state index contributed by atoms with van der Waals surface area (Å²) in [7, 11) is 0. The van der Waals surface area contributed by atoms with Crippen molar-refractivity contribution in [3.05, 3.63) is 29.8 Å². The van der Waals surface area contributed by atoms with Gasteiger partial charge in [-0.1, -0.05) is 38.3 Å². The summed E-state index contributed by atoms with van der Waals surface area (Å²) in [6.45, 7) is 3.58. The second-order valence-corrected chi connectivity index (χ2v) is 4.94. The Morgan fingerprint density at radius 2 is 1.89 bits per heavy atom. The molecule has 100 valence electrons. The summed E-state index contributed by atoms with van der Waals surface area (Å²) in [5.41, 5.74) is 7.61. The second-order valence-electron chi connectivity index (χ2n) is 4.94. The molecule has 2 rings (SSSR count). The van der Waals surface area contributed by atoms with E-state index >= 15 is 0 Å². The zero-order chi connectivity index (χ0) is 12.8. The zero-order valence-corrected chi connectivity index (χ0v) is 11.1. The number of rotatable bonds is 5. The number of hydrogen-bond donors (Lipinski definition) is 1. The third kappa shape index (κ3) is 3.72. The van der Waals surface area contributed by atoms with E-state index in [0.29, 0.717) is 13.2 Å². The molecule has 1 fully saturated rings. The highest BCUT2D eigenvalue weighted by Crippen LogP contribution is 2.25. The summed E-state index contributed by atoms with van der Waals surface area (Å²) in [5.74, 6) is 0. The Morgan fingerprint density at radius 1 is 1.11 bits per heavy atom. The van der Waals surface area contributed by atoms with Crippen LogP contribution in [0.15, 0.2) is 24.3 Å². The lowest BCUT2D eigenvalue weighted by Crippen LogP contribution is -2.31. The predicted molar refractivity (Wildman–Crippen MR) is 73.4 cm³/mol. The quantitative estimate of drug-likeness (QED) is 0.643. The van der Waals surface area contributed by atoms with Gasteiger partial charge in [0.15, 0.2) is 0 Å². The monoisotopic (exact) mass is 249 g/mol. The first-order valence-corrected chi connectivity index (χ1v) is 6.88. The van der Waals surface area contributed by atoms with E-state index in [0.717, 1.165) is 17.7 Å². The molecule has 1 aromatic rings. The normalized spacial score (nSPS) is 24.1. The van der Waals surface area contributed by atoms with Crippen molar-refractivity contribution in [2.24, 2.45) is 0 Å². The summed E-state index contributed by atoms with van der Waals surface area (Å²) in [6.07, 6.45) is 5.22. The van der Waals surface area contributed by atoms with E-state index in [1.165, 1.54) is 19.3 Å². The molecule has 1 heterocycles. The van der Waals surface area contributed by atoms with Gasteiger partial charge < -0.3 is 15.2 Å². The molecule has 0 aliphatic carbocycles. The molecule has 2 atom stereocenters. The second kappa shape index (κ2) is 6.76. The van der Waals surface area contributed by atoms with Crippen LogP contribution in [0.5, 0.6) is 0 Å². The largest absolute Gasteiger partial charge is 0.399 e. The Morgan fingerprint density at radius 3 is 2.50 bits per heavy atom. The van der Waals surface area contributed by atoms with Crippen LogP contribution in [0.4, 0.5) is 5.69 Å². The SMILES string of the molecule is CCCCC[C@H]1CO[C@H](c2ccc(N)cc2)CO1. The first-order chi connectivity index (χ1) is 8.79. The van der Waals surface area contributed by atoms with Gasteiger partial charge in [0, 0.05) is 5.69 Å². The maximum absolute atomic E-state index is 5.88. The van der Waals surface area contributed by atoms with Crippen LogP contribution in [-0.2, 0) is 9.47 Å². The highest BCUT2D eigenvalue weighted by atomic mass is 16.6. The molecule has 1 aliphatic rings. The molecule has 1 aliphatic heterocycles. The van der Waals surface area contributed by atoms with Crippen molar-refractivity contribution in [2.45, 2.75) is 44.8 Å². The van der Waals surface area contributed by atoms with Gasteiger partial charge >= 0.3 is 0 Å². The average Bonchev–Trinajstić information content (AvgIpc) is 2.41. The Labute approximate surface area is 109 Å². The molecule has 0 spiro atoms. The first-order valence-electron chi connectivity index (χ1n) is 6.88. The van der Waals surface area contributed by atoms with Gasteiger partial charge in [-0.25, -0.2) is 0 Å². The molecular formula is C15H23NO2. The van der Waals surface area contributed by atoms with Gasteiger partial charge in [-0.15, -0.1) is 0 Å². The molecule has 0 radical (unpaired) electrons. The van der Waals surface area contributed by atoms with E-state index in [4.69, 9.17) is 15.2 Å². The van der Waals surface area contributed by atoms with Crippen molar-refractivity contribution in [2.75, 3.05) is 18.9 Å². The minimum absolute atomic E-state index is 0.0630. The van der Waals surface area contributed by atoms with Crippen molar-refractivity contribution >= 4 is 5.69 Å². The number of benzene rings is 1. The molecule has 0 amide bonds. The minimum Gasteiger partial charge on any atom is -0.399 e. The molecule has 0 unspecified atom stereocenters. The van der Waals surface area contributed by atoms with Crippen molar-refractivity contribution < 1.29 is 9.47 Å². The summed E-state index contributed by atoms with van der Waals surface area (Å²) in [6, 6.07) is 7.85. The van der Waals surface area contributed by atoms with Crippen LogP contribution < -0.4 is 5.73 Å². The smallest absolute Gasteiger partial charge is 0.106 e. The maximum Gasteiger partial charge on any atom is 0.106 e. The third-order valence-corrected chi connectivity index (χ3v) is 3.40. The van der Waals surface area contributed by atoms with Crippen LogP contribution >= 0.6 is 0 Å². The van der Waals surface area contributed by atoms with Crippen molar-refractivity contribution in [1.82, 2.24) is 0 Å². The van der Waals surface area contributed by atoms with Gasteiger partial charge in [0.2, 0.25) is 0 Å². The molecule has 3 nitrogen and oxygen atoms in total. The molecule has 1 saturated heterocycles. The Bertz CT molecular complexity index is 342. The Balaban J connectivity index is 1.77. The lowest BCUT2D eigenvalue weighted by Gasteiger charge is -2.30. The van der Waals surface area contributed by atoms with E-state index in [1.807, 2.05) is 24.3 Å². The highest BCUT2D eigenvalue weighted by Gasteiger charge is 2.22.